The Balaban J connectivity index is 2.52. The molecular weight excluding hydrogens is 246 g/mol. The summed E-state index contributed by atoms with van der Waals surface area (Å²) in [7, 11) is 0. The predicted octanol–water partition coefficient (Wildman–Crippen LogP) is 0.0959. The molecule has 0 saturated carbocycles. The number of nitrogens with two attached hydrogens (primary N) is 1. The van der Waals surface area contributed by atoms with Crippen molar-refractivity contribution in [3.8, 4) is 0 Å². The van der Waals surface area contributed by atoms with Crippen LogP contribution in [0, 0.1) is 0 Å². The molecule has 0 saturated heterocycles. The van der Waals surface area contributed by atoms with E-state index in [2.05, 4.69) is 9.97 Å². The fourth-order valence-electron chi connectivity index (χ4n) is 1.60. The number of H-pyrrole nitrogens is 1. The first kappa shape index (κ1) is 11.8. The van der Waals surface area contributed by atoms with Crippen molar-refractivity contribution in [3.05, 3.63) is 29.0 Å². The molecule has 2 unspecified atom stereocenters. The van der Waals surface area contributed by atoms with Crippen LogP contribution in [-0.4, -0.2) is 32.2 Å². The minimum Gasteiger partial charge on any atom is -0.385 e. The van der Waals surface area contributed by atoms with E-state index in [0.717, 1.165) is 0 Å². The molecule has 0 aromatic carbocycles. The molecule has 2 atom stereocenters. The molecule has 2 aromatic heterocycles. The fraction of sp³-hybridized carbons (Fsp3) is 0.200. The molecule has 2 heterocycles. The van der Waals surface area contributed by atoms with Gasteiger partial charge < -0.3 is 20.9 Å². The van der Waals surface area contributed by atoms with Gasteiger partial charge >= 0.3 is 0 Å². The largest absolute Gasteiger partial charge is 0.385 e. The van der Waals surface area contributed by atoms with Gasteiger partial charge in [0.25, 0.3) is 0 Å². The maximum Gasteiger partial charge on any atom is 0.249 e. The summed E-state index contributed by atoms with van der Waals surface area (Å²) in [6.07, 6.45) is -0.199. The van der Waals surface area contributed by atoms with Gasteiger partial charge in [-0.3, -0.25) is 4.79 Å². The van der Waals surface area contributed by atoms with E-state index in [1.54, 1.807) is 6.07 Å². The second-order valence-corrected chi connectivity index (χ2v) is 3.96. The number of hydrogen-bond acceptors (Lipinski definition) is 4. The highest BCUT2D eigenvalue weighted by Crippen LogP contribution is 2.30. The molecule has 0 aliphatic heterocycles. The van der Waals surface area contributed by atoms with E-state index in [1.807, 2.05) is 0 Å². The summed E-state index contributed by atoms with van der Waals surface area (Å²) in [5, 5.41) is 20.1. The monoisotopic (exact) mass is 255 g/mol. The van der Waals surface area contributed by atoms with E-state index in [1.165, 1.54) is 12.4 Å². The van der Waals surface area contributed by atoms with Crippen molar-refractivity contribution in [2.75, 3.05) is 0 Å². The van der Waals surface area contributed by atoms with Crippen LogP contribution in [0.4, 0.5) is 0 Å². The molecule has 0 aliphatic carbocycles. The Hall–Kier alpha value is -1.63. The van der Waals surface area contributed by atoms with Crippen molar-refractivity contribution in [3.63, 3.8) is 0 Å². The number of hydrogen-bond donors (Lipinski definition) is 4. The van der Waals surface area contributed by atoms with Crippen molar-refractivity contribution in [2.45, 2.75) is 12.2 Å². The summed E-state index contributed by atoms with van der Waals surface area (Å²) < 4.78 is 0. The number of aliphatic hydroxyl groups is 2. The Morgan fingerprint density at radius 2 is 2.24 bits per heavy atom. The molecule has 2 aromatic rings. The zero-order valence-corrected chi connectivity index (χ0v) is 9.35. The maximum absolute atomic E-state index is 10.8. The number of carbonyl (C=O) groups is 1. The highest BCUT2D eigenvalue weighted by molar-refractivity contribution is 6.35. The van der Waals surface area contributed by atoms with Crippen LogP contribution in [0.3, 0.4) is 0 Å². The number of carbonyl (C=O) groups excluding carboxylic acids is 1. The van der Waals surface area contributed by atoms with E-state index < -0.39 is 18.1 Å². The summed E-state index contributed by atoms with van der Waals surface area (Å²) in [6, 6.07) is 1.55. The van der Waals surface area contributed by atoms with E-state index in [0.29, 0.717) is 16.1 Å². The van der Waals surface area contributed by atoms with Crippen LogP contribution >= 0.6 is 11.6 Å². The lowest BCUT2D eigenvalue weighted by atomic mass is 10.0. The van der Waals surface area contributed by atoms with E-state index in [-0.39, 0.29) is 5.56 Å². The predicted molar refractivity (Wildman–Crippen MR) is 61.3 cm³/mol. The highest BCUT2D eigenvalue weighted by Gasteiger charge is 2.26. The van der Waals surface area contributed by atoms with Crippen molar-refractivity contribution in [1.29, 1.82) is 0 Å². The topological polar surface area (TPSA) is 112 Å². The number of rotatable bonds is 3. The van der Waals surface area contributed by atoms with Crippen LogP contribution in [0.2, 0.25) is 5.02 Å². The molecule has 0 spiro atoms. The Morgan fingerprint density at radius 1 is 1.53 bits per heavy atom. The summed E-state index contributed by atoms with van der Waals surface area (Å²) in [4.78, 5) is 17.6. The second-order valence-electron chi connectivity index (χ2n) is 3.55. The van der Waals surface area contributed by atoms with Gasteiger partial charge in [-0.05, 0) is 6.07 Å². The highest BCUT2D eigenvalue weighted by atomic mass is 35.5. The molecule has 2 rings (SSSR count). The number of primary amides is 1. The van der Waals surface area contributed by atoms with Crippen LogP contribution in [0.15, 0.2) is 18.5 Å². The number of pyridine rings is 1. The van der Waals surface area contributed by atoms with E-state index in [4.69, 9.17) is 17.3 Å². The van der Waals surface area contributed by atoms with Gasteiger partial charge in [-0.1, -0.05) is 11.6 Å². The number of aromatic amines is 1. The van der Waals surface area contributed by atoms with Crippen LogP contribution in [0.1, 0.15) is 11.7 Å². The first-order valence-electron chi connectivity index (χ1n) is 4.79. The van der Waals surface area contributed by atoms with Crippen molar-refractivity contribution in [1.82, 2.24) is 9.97 Å². The number of aliphatic hydroxyl groups excluding tert-OH is 2. The lowest BCUT2D eigenvalue weighted by Gasteiger charge is -2.14. The minimum absolute atomic E-state index is 0.282. The number of fused-ring (bicyclic) bond motifs is 1. The standard InChI is InChI=1S/C10H10ClN3O3/c11-5-1-2-13-10-6(5)4(3-14-10)7(15)8(16)9(12)17/h1-3,7-8,15-16H,(H2,12,17)(H,13,14). The maximum atomic E-state index is 10.8. The zero-order chi connectivity index (χ0) is 12.6. The van der Waals surface area contributed by atoms with Crippen LogP contribution in [0.25, 0.3) is 11.0 Å². The molecule has 0 radical (unpaired) electrons. The first-order chi connectivity index (χ1) is 8.02. The molecule has 1 amide bonds. The van der Waals surface area contributed by atoms with Crippen LogP contribution < -0.4 is 5.73 Å². The molecule has 5 N–H and O–H groups in total. The van der Waals surface area contributed by atoms with Gasteiger partial charge in [0.1, 0.15) is 11.8 Å². The Kier molecular flexibility index (Phi) is 3.01. The van der Waals surface area contributed by atoms with Gasteiger partial charge in [0.05, 0.1) is 5.02 Å². The SMILES string of the molecule is NC(=O)C(O)C(O)c1c[nH]c2nccc(Cl)c12. The Bertz CT molecular complexity index is 569. The van der Waals surface area contributed by atoms with E-state index in [9.17, 15) is 15.0 Å². The molecule has 0 fully saturated rings. The summed E-state index contributed by atoms with van der Waals surface area (Å²) >= 11 is 5.96. The van der Waals surface area contributed by atoms with Gasteiger partial charge in [-0.25, -0.2) is 4.98 Å². The van der Waals surface area contributed by atoms with Gasteiger partial charge in [-0.15, -0.1) is 0 Å². The number of nitrogens with zero attached hydrogens (tertiary/aromatic N) is 1. The van der Waals surface area contributed by atoms with Gasteiger partial charge in [-0.2, -0.15) is 0 Å². The minimum atomic E-state index is -1.69. The molecule has 90 valence electrons. The van der Waals surface area contributed by atoms with Gasteiger partial charge in [0, 0.05) is 23.3 Å². The normalized spacial score (nSPS) is 14.8. The molecule has 6 nitrogen and oxygen atoms in total. The first-order valence-corrected chi connectivity index (χ1v) is 5.17. The smallest absolute Gasteiger partial charge is 0.249 e. The second kappa shape index (κ2) is 4.33. The molecule has 0 bridgehead atoms. The third-order valence-corrected chi connectivity index (χ3v) is 2.78. The third-order valence-electron chi connectivity index (χ3n) is 2.46. The summed E-state index contributed by atoms with van der Waals surface area (Å²) in [6.45, 7) is 0. The van der Waals surface area contributed by atoms with Crippen molar-refractivity contribution >= 4 is 28.5 Å². The Labute approximate surface area is 101 Å². The van der Waals surface area contributed by atoms with Crippen molar-refractivity contribution < 1.29 is 15.0 Å². The molecule has 7 heteroatoms. The van der Waals surface area contributed by atoms with Crippen LogP contribution in [0.5, 0.6) is 0 Å². The Morgan fingerprint density at radius 3 is 2.88 bits per heavy atom. The summed E-state index contributed by atoms with van der Waals surface area (Å²) in [5.74, 6) is -1.01. The molecule has 0 aliphatic rings. The number of amides is 1. The van der Waals surface area contributed by atoms with Gasteiger partial charge in [0.2, 0.25) is 5.91 Å². The number of halogens is 1. The third kappa shape index (κ3) is 1.97. The molecule has 17 heavy (non-hydrogen) atoms. The number of aromatic nitrogens is 2. The average Bonchev–Trinajstić information content (AvgIpc) is 2.72. The van der Waals surface area contributed by atoms with Gasteiger partial charge in [0.15, 0.2) is 6.10 Å². The van der Waals surface area contributed by atoms with Crippen LogP contribution in [-0.2, 0) is 4.79 Å². The zero-order valence-electron chi connectivity index (χ0n) is 8.59. The fourth-order valence-corrected chi connectivity index (χ4v) is 1.85. The lowest BCUT2D eigenvalue weighted by Crippen LogP contribution is -2.33. The molecular formula is C10H10ClN3O3. The van der Waals surface area contributed by atoms with E-state index >= 15 is 0 Å². The quantitative estimate of drug-likeness (QED) is 0.623. The average molecular weight is 256 g/mol. The van der Waals surface area contributed by atoms with Crippen molar-refractivity contribution in [2.24, 2.45) is 5.73 Å². The number of nitrogens with one attached hydrogen (secondary N) is 1. The lowest BCUT2D eigenvalue weighted by molar-refractivity contribution is -0.131. The summed E-state index contributed by atoms with van der Waals surface area (Å²) in [5.41, 5.74) is 5.66.